The number of halogens is 3. The van der Waals surface area contributed by atoms with Crippen molar-refractivity contribution in [2.75, 3.05) is 7.11 Å². The van der Waals surface area contributed by atoms with Gasteiger partial charge in [0.1, 0.15) is 11.6 Å². The quantitative estimate of drug-likeness (QED) is 0.365. The lowest BCUT2D eigenvalue weighted by atomic mass is 10.0. The van der Waals surface area contributed by atoms with Crippen LogP contribution in [0.5, 0.6) is 5.75 Å². The fourth-order valence-electron chi connectivity index (χ4n) is 3.08. The topological polar surface area (TPSA) is 9.23 Å². The van der Waals surface area contributed by atoms with Gasteiger partial charge in [0.05, 0.1) is 7.11 Å². The molecule has 0 radical (unpaired) electrons. The van der Waals surface area contributed by atoms with Gasteiger partial charge in [-0.25, -0.2) is 13.2 Å². The first-order valence-corrected chi connectivity index (χ1v) is 8.89. The maximum Gasteiger partial charge on any atom is 0.166 e. The van der Waals surface area contributed by atoms with Crippen LogP contribution in [0.25, 0.3) is 21.9 Å². The van der Waals surface area contributed by atoms with Gasteiger partial charge in [0.15, 0.2) is 11.6 Å². The number of hydrogen-bond acceptors (Lipinski definition) is 1. The summed E-state index contributed by atoms with van der Waals surface area (Å²) in [5, 5.41) is 0.808. The minimum absolute atomic E-state index is 0.224. The first-order chi connectivity index (χ1) is 14.0. The highest BCUT2D eigenvalue weighted by atomic mass is 19.2. The van der Waals surface area contributed by atoms with Crippen molar-refractivity contribution < 1.29 is 17.9 Å². The molecule has 0 bridgehead atoms. The smallest absolute Gasteiger partial charge is 0.166 e. The fraction of sp³-hybridized carbons (Fsp3) is 0.0400. The highest BCUT2D eigenvalue weighted by Gasteiger charge is 2.07. The highest BCUT2D eigenvalue weighted by molar-refractivity contribution is 5.84. The summed E-state index contributed by atoms with van der Waals surface area (Å²) in [5.41, 5.74) is 2.66. The Labute approximate surface area is 166 Å². The van der Waals surface area contributed by atoms with E-state index in [9.17, 15) is 13.2 Å². The molecule has 0 heterocycles. The molecule has 4 aromatic carbocycles. The van der Waals surface area contributed by atoms with Crippen LogP contribution in [-0.2, 0) is 0 Å². The van der Waals surface area contributed by atoms with E-state index < -0.39 is 11.6 Å². The third-order valence-corrected chi connectivity index (χ3v) is 4.63. The van der Waals surface area contributed by atoms with E-state index >= 15 is 0 Å². The number of benzene rings is 4. The molecule has 0 aliphatic carbocycles. The van der Waals surface area contributed by atoms with Crippen molar-refractivity contribution in [3.05, 3.63) is 101 Å². The number of fused-ring (bicyclic) bond motifs is 1. The lowest BCUT2D eigenvalue weighted by Crippen LogP contribution is -1.88. The van der Waals surface area contributed by atoms with Crippen LogP contribution in [0.2, 0.25) is 0 Å². The highest BCUT2D eigenvalue weighted by Crippen LogP contribution is 2.26. The largest absolute Gasteiger partial charge is 0.497 e. The molecule has 0 unspecified atom stereocenters. The number of hydrogen-bond donors (Lipinski definition) is 0. The van der Waals surface area contributed by atoms with Gasteiger partial charge in [-0.1, -0.05) is 36.1 Å². The van der Waals surface area contributed by atoms with E-state index in [1.54, 1.807) is 36.4 Å². The summed E-state index contributed by atoms with van der Waals surface area (Å²) in [6, 6.07) is 19.5. The van der Waals surface area contributed by atoms with Gasteiger partial charge in [-0.05, 0) is 53.4 Å². The Morgan fingerprint density at radius 1 is 0.690 bits per heavy atom. The molecule has 142 valence electrons. The molecular weight excluding hydrogens is 373 g/mol. The predicted molar refractivity (Wildman–Crippen MR) is 108 cm³/mol. The van der Waals surface area contributed by atoms with Crippen molar-refractivity contribution in [1.29, 1.82) is 0 Å². The molecule has 0 saturated carbocycles. The Morgan fingerprint density at radius 2 is 1.41 bits per heavy atom. The van der Waals surface area contributed by atoms with Gasteiger partial charge in [-0.3, -0.25) is 0 Å². The maximum atomic E-state index is 14.2. The molecule has 0 amide bonds. The minimum atomic E-state index is -0.871. The van der Waals surface area contributed by atoms with Gasteiger partial charge >= 0.3 is 0 Å². The van der Waals surface area contributed by atoms with Crippen molar-refractivity contribution >= 4 is 10.8 Å². The molecule has 0 saturated heterocycles. The second-order valence-corrected chi connectivity index (χ2v) is 6.47. The zero-order valence-corrected chi connectivity index (χ0v) is 15.5. The predicted octanol–water partition coefficient (Wildman–Crippen LogP) is 6.33. The normalized spacial score (nSPS) is 10.5. The molecule has 0 aliphatic heterocycles. The average Bonchev–Trinajstić information content (AvgIpc) is 2.75. The Hall–Kier alpha value is -3.71. The van der Waals surface area contributed by atoms with E-state index in [2.05, 4.69) is 11.8 Å². The molecule has 4 heteroatoms. The fourth-order valence-corrected chi connectivity index (χ4v) is 3.08. The van der Waals surface area contributed by atoms with Crippen molar-refractivity contribution in [3.8, 4) is 28.7 Å². The van der Waals surface area contributed by atoms with Gasteiger partial charge in [-0.2, -0.15) is 0 Å². The summed E-state index contributed by atoms with van der Waals surface area (Å²) in [7, 11) is 1.49. The van der Waals surface area contributed by atoms with E-state index in [-0.39, 0.29) is 11.2 Å². The first-order valence-electron chi connectivity index (χ1n) is 8.89. The minimum Gasteiger partial charge on any atom is -0.497 e. The van der Waals surface area contributed by atoms with Gasteiger partial charge in [0.25, 0.3) is 0 Å². The zero-order valence-electron chi connectivity index (χ0n) is 15.5. The molecule has 0 fully saturated rings. The molecule has 4 aromatic rings. The van der Waals surface area contributed by atoms with Crippen LogP contribution in [-0.4, -0.2) is 7.11 Å². The summed E-state index contributed by atoms with van der Waals surface area (Å²) in [6.07, 6.45) is 0. The molecule has 0 aliphatic rings. The standard InChI is InChI=1S/C25H15F3O/c1-29-20-10-12-21(24(27)15-20)18-7-4-16(5-8-18)2-3-17-6-11-22-19(14-17)9-13-23(26)25(22)28/h4-15H,1H3. The van der Waals surface area contributed by atoms with Crippen LogP contribution < -0.4 is 4.74 Å². The van der Waals surface area contributed by atoms with Gasteiger partial charge in [0.2, 0.25) is 0 Å². The van der Waals surface area contributed by atoms with E-state index in [1.165, 1.54) is 25.3 Å². The second-order valence-electron chi connectivity index (χ2n) is 6.47. The van der Waals surface area contributed by atoms with Gasteiger partial charge in [-0.15, -0.1) is 0 Å². The summed E-state index contributed by atoms with van der Waals surface area (Å²) in [6.45, 7) is 0. The summed E-state index contributed by atoms with van der Waals surface area (Å²) >= 11 is 0. The maximum absolute atomic E-state index is 14.2. The molecule has 0 atom stereocenters. The Kier molecular flexibility index (Phi) is 4.97. The average molecular weight is 388 g/mol. The van der Waals surface area contributed by atoms with E-state index in [0.717, 1.165) is 17.2 Å². The monoisotopic (exact) mass is 388 g/mol. The molecule has 29 heavy (non-hydrogen) atoms. The molecule has 0 N–H and O–H groups in total. The van der Waals surface area contributed by atoms with Crippen molar-refractivity contribution in [2.45, 2.75) is 0 Å². The lowest BCUT2D eigenvalue weighted by Gasteiger charge is -2.06. The van der Waals surface area contributed by atoms with Gasteiger partial charge in [0, 0.05) is 28.1 Å². The van der Waals surface area contributed by atoms with Crippen molar-refractivity contribution in [3.63, 3.8) is 0 Å². The van der Waals surface area contributed by atoms with Crippen molar-refractivity contribution in [1.82, 2.24) is 0 Å². The Bertz CT molecular complexity index is 1270. The number of ether oxygens (including phenoxy) is 1. The van der Waals surface area contributed by atoms with Crippen LogP contribution in [0.1, 0.15) is 11.1 Å². The second kappa shape index (κ2) is 7.73. The van der Waals surface area contributed by atoms with E-state index in [4.69, 9.17) is 4.74 Å². The third kappa shape index (κ3) is 3.81. The van der Waals surface area contributed by atoms with E-state index in [0.29, 0.717) is 22.3 Å². The first kappa shape index (κ1) is 18.6. The van der Waals surface area contributed by atoms with Crippen LogP contribution in [0.15, 0.2) is 72.8 Å². The number of rotatable bonds is 2. The SMILES string of the molecule is COc1ccc(-c2ccc(C#Cc3ccc4c(F)c(F)ccc4c3)cc2)c(F)c1. The Morgan fingerprint density at radius 3 is 2.14 bits per heavy atom. The molecule has 1 nitrogen and oxygen atoms in total. The Balaban J connectivity index is 1.59. The molecule has 0 aromatic heterocycles. The molecule has 4 rings (SSSR count). The van der Waals surface area contributed by atoms with E-state index in [1.807, 2.05) is 12.1 Å². The molecular formula is C25H15F3O. The van der Waals surface area contributed by atoms with Crippen LogP contribution in [0.3, 0.4) is 0 Å². The lowest BCUT2D eigenvalue weighted by molar-refractivity contribution is 0.411. The van der Waals surface area contributed by atoms with Crippen LogP contribution in [0.4, 0.5) is 13.2 Å². The zero-order chi connectivity index (χ0) is 20.4. The number of methoxy groups -OCH3 is 1. The van der Waals surface area contributed by atoms with Crippen LogP contribution in [0, 0.1) is 29.3 Å². The third-order valence-electron chi connectivity index (χ3n) is 4.63. The van der Waals surface area contributed by atoms with Crippen LogP contribution >= 0.6 is 0 Å². The summed E-state index contributed by atoms with van der Waals surface area (Å²) in [5.74, 6) is 4.43. The molecule has 0 spiro atoms. The van der Waals surface area contributed by atoms with Gasteiger partial charge < -0.3 is 4.74 Å². The summed E-state index contributed by atoms with van der Waals surface area (Å²) < 4.78 is 46.3. The summed E-state index contributed by atoms with van der Waals surface area (Å²) in [4.78, 5) is 0. The van der Waals surface area contributed by atoms with Crippen molar-refractivity contribution in [2.24, 2.45) is 0 Å².